The van der Waals surface area contributed by atoms with E-state index in [1.54, 1.807) is 11.6 Å². The lowest BCUT2D eigenvalue weighted by molar-refractivity contribution is 0.239. The quantitative estimate of drug-likeness (QED) is 0.459. The van der Waals surface area contributed by atoms with Crippen molar-refractivity contribution in [2.45, 2.75) is 19.5 Å². The second kappa shape index (κ2) is 7.56. The molecule has 0 aliphatic carbocycles. The minimum atomic E-state index is 0.297. The third-order valence-electron chi connectivity index (χ3n) is 6.26. The van der Waals surface area contributed by atoms with Crippen LogP contribution in [0.2, 0.25) is 0 Å². The van der Waals surface area contributed by atoms with Gasteiger partial charge in [-0.1, -0.05) is 18.2 Å². The van der Waals surface area contributed by atoms with E-state index in [1.165, 1.54) is 16.7 Å². The summed E-state index contributed by atoms with van der Waals surface area (Å²) in [5, 5.41) is 9.83. The standard InChI is InChI=1S/C24H24N8O/c1-30-12-18(11-26-30)16-7-6-15-8-9-31(13-17(15)10-16)14-21-27-23-19-4-3-5-20(33-2)22(19)28-24(25)32(23)29-21/h3-7,10-12H,8-9,13-14H2,1-2H3,(H2,25,28). The molecule has 9 heteroatoms. The number of benzene rings is 2. The van der Waals surface area contributed by atoms with Crippen LogP contribution in [0.4, 0.5) is 5.95 Å². The summed E-state index contributed by atoms with van der Waals surface area (Å²) < 4.78 is 8.90. The van der Waals surface area contributed by atoms with Crippen LogP contribution >= 0.6 is 0 Å². The highest BCUT2D eigenvalue weighted by Gasteiger charge is 2.20. The van der Waals surface area contributed by atoms with E-state index < -0.39 is 0 Å². The van der Waals surface area contributed by atoms with Crippen LogP contribution in [0.15, 0.2) is 48.8 Å². The summed E-state index contributed by atoms with van der Waals surface area (Å²) in [4.78, 5) is 11.7. The molecule has 0 atom stereocenters. The lowest BCUT2D eigenvalue weighted by Crippen LogP contribution is -2.30. The maximum atomic E-state index is 6.20. The monoisotopic (exact) mass is 440 g/mol. The fourth-order valence-corrected chi connectivity index (χ4v) is 4.60. The lowest BCUT2D eigenvalue weighted by Gasteiger charge is -2.28. The summed E-state index contributed by atoms with van der Waals surface area (Å²) in [6, 6.07) is 12.5. The molecule has 6 rings (SSSR count). The number of nitrogen functional groups attached to an aromatic ring is 1. The summed E-state index contributed by atoms with van der Waals surface area (Å²) in [5.41, 5.74) is 12.6. The molecule has 9 nitrogen and oxygen atoms in total. The Morgan fingerprint density at radius 1 is 1.09 bits per heavy atom. The number of aryl methyl sites for hydroxylation is 1. The molecule has 0 saturated heterocycles. The van der Waals surface area contributed by atoms with Crippen LogP contribution in [-0.2, 0) is 26.6 Å². The van der Waals surface area contributed by atoms with E-state index in [-0.39, 0.29) is 0 Å². The molecule has 0 saturated carbocycles. The Bertz CT molecular complexity index is 1500. The number of rotatable bonds is 4. The number of anilines is 1. The van der Waals surface area contributed by atoms with Crippen molar-refractivity contribution in [1.82, 2.24) is 34.3 Å². The highest BCUT2D eigenvalue weighted by atomic mass is 16.5. The first-order valence-corrected chi connectivity index (χ1v) is 10.9. The number of hydrogen-bond donors (Lipinski definition) is 1. The molecule has 33 heavy (non-hydrogen) atoms. The zero-order valence-corrected chi connectivity index (χ0v) is 18.6. The second-order valence-electron chi connectivity index (χ2n) is 8.44. The number of fused-ring (bicyclic) bond motifs is 4. The van der Waals surface area contributed by atoms with Gasteiger partial charge in [0, 0.05) is 37.3 Å². The highest BCUT2D eigenvalue weighted by Crippen LogP contribution is 2.29. The summed E-state index contributed by atoms with van der Waals surface area (Å²) in [6.07, 6.45) is 4.95. The third kappa shape index (κ3) is 3.37. The third-order valence-corrected chi connectivity index (χ3v) is 6.26. The molecule has 5 aromatic rings. The van der Waals surface area contributed by atoms with Crippen LogP contribution in [0.25, 0.3) is 27.7 Å². The summed E-state index contributed by atoms with van der Waals surface area (Å²) in [6.45, 7) is 2.45. The second-order valence-corrected chi connectivity index (χ2v) is 8.44. The van der Waals surface area contributed by atoms with Gasteiger partial charge in [-0.25, -0.2) is 9.97 Å². The van der Waals surface area contributed by atoms with E-state index >= 15 is 0 Å². The highest BCUT2D eigenvalue weighted by molar-refractivity contribution is 5.95. The van der Waals surface area contributed by atoms with Crippen molar-refractivity contribution in [3.8, 4) is 16.9 Å². The minimum Gasteiger partial charge on any atom is -0.494 e. The summed E-state index contributed by atoms with van der Waals surface area (Å²) in [5.74, 6) is 1.69. The van der Waals surface area contributed by atoms with Crippen LogP contribution in [0.3, 0.4) is 0 Å². The van der Waals surface area contributed by atoms with Gasteiger partial charge in [0.15, 0.2) is 11.5 Å². The first kappa shape index (κ1) is 19.7. The van der Waals surface area contributed by atoms with Crippen molar-refractivity contribution in [3.63, 3.8) is 0 Å². The van der Waals surface area contributed by atoms with Crippen LogP contribution < -0.4 is 10.5 Å². The average Bonchev–Trinajstić information content (AvgIpc) is 3.45. The van der Waals surface area contributed by atoms with Gasteiger partial charge in [-0.05, 0) is 41.3 Å². The Balaban J connectivity index is 1.30. The fourth-order valence-electron chi connectivity index (χ4n) is 4.60. The van der Waals surface area contributed by atoms with E-state index in [2.05, 4.69) is 38.3 Å². The van der Waals surface area contributed by atoms with Gasteiger partial charge in [0.1, 0.15) is 11.3 Å². The first-order valence-electron chi connectivity index (χ1n) is 10.9. The predicted molar refractivity (Wildman–Crippen MR) is 126 cm³/mol. The molecular formula is C24H24N8O. The number of ether oxygens (including phenoxy) is 1. The van der Waals surface area contributed by atoms with Gasteiger partial charge >= 0.3 is 0 Å². The molecule has 0 unspecified atom stereocenters. The molecule has 4 heterocycles. The Hall–Kier alpha value is -3.98. The summed E-state index contributed by atoms with van der Waals surface area (Å²) >= 11 is 0. The van der Waals surface area contributed by atoms with Crippen molar-refractivity contribution < 1.29 is 4.74 Å². The van der Waals surface area contributed by atoms with E-state index in [0.29, 0.717) is 29.4 Å². The molecule has 0 amide bonds. The zero-order chi connectivity index (χ0) is 22.5. The van der Waals surface area contributed by atoms with Gasteiger partial charge in [-0.3, -0.25) is 9.58 Å². The Labute approximate surface area is 190 Å². The van der Waals surface area contributed by atoms with Gasteiger partial charge in [-0.2, -0.15) is 9.61 Å². The first-order chi connectivity index (χ1) is 16.1. The molecule has 2 N–H and O–H groups in total. The number of aromatic nitrogens is 6. The number of nitrogens with two attached hydrogens (primary N) is 1. The number of para-hydroxylation sites is 1. The molecule has 0 radical (unpaired) electrons. The van der Waals surface area contributed by atoms with Gasteiger partial charge in [0.25, 0.3) is 0 Å². The zero-order valence-electron chi connectivity index (χ0n) is 18.6. The van der Waals surface area contributed by atoms with E-state index in [9.17, 15) is 0 Å². The largest absolute Gasteiger partial charge is 0.494 e. The Morgan fingerprint density at radius 3 is 2.82 bits per heavy atom. The molecule has 1 aliphatic rings. The SMILES string of the molecule is COc1cccc2c1nc(N)n1nc(CN3CCc4ccc(-c5cnn(C)c5)cc4C3)nc21. The molecule has 0 spiro atoms. The van der Waals surface area contributed by atoms with Crippen LogP contribution in [0.5, 0.6) is 5.75 Å². The maximum Gasteiger partial charge on any atom is 0.223 e. The smallest absolute Gasteiger partial charge is 0.223 e. The van der Waals surface area contributed by atoms with Gasteiger partial charge in [0.05, 0.1) is 19.9 Å². The summed E-state index contributed by atoms with van der Waals surface area (Å²) in [7, 11) is 3.56. The molecular weight excluding hydrogens is 416 g/mol. The van der Waals surface area contributed by atoms with Crippen LogP contribution in [0, 0.1) is 0 Å². The average molecular weight is 441 g/mol. The maximum absolute atomic E-state index is 6.20. The van der Waals surface area contributed by atoms with Crippen molar-refractivity contribution in [1.29, 1.82) is 0 Å². The fraction of sp³-hybridized carbons (Fsp3) is 0.250. The van der Waals surface area contributed by atoms with E-state index in [1.807, 2.05) is 42.3 Å². The molecule has 3 aromatic heterocycles. The Kier molecular flexibility index (Phi) is 4.51. The van der Waals surface area contributed by atoms with Crippen LogP contribution in [-0.4, -0.2) is 47.9 Å². The molecule has 166 valence electrons. The van der Waals surface area contributed by atoms with Crippen molar-refractivity contribution in [2.24, 2.45) is 7.05 Å². The number of nitrogens with zero attached hydrogens (tertiary/aromatic N) is 7. The van der Waals surface area contributed by atoms with E-state index in [0.717, 1.165) is 36.3 Å². The topological polar surface area (TPSA) is 99.4 Å². The lowest BCUT2D eigenvalue weighted by atomic mass is 9.95. The molecule has 0 bridgehead atoms. The van der Waals surface area contributed by atoms with E-state index in [4.69, 9.17) is 15.5 Å². The molecule has 2 aromatic carbocycles. The molecule has 1 aliphatic heterocycles. The van der Waals surface area contributed by atoms with Crippen molar-refractivity contribution in [2.75, 3.05) is 19.4 Å². The number of hydrogen-bond acceptors (Lipinski definition) is 7. The van der Waals surface area contributed by atoms with Crippen molar-refractivity contribution in [3.05, 3.63) is 65.7 Å². The van der Waals surface area contributed by atoms with Crippen LogP contribution in [0.1, 0.15) is 17.0 Å². The van der Waals surface area contributed by atoms with Gasteiger partial charge < -0.3 is 10.5 Å². The number of methoxy groups -OCH3 is 1. The van der Waals surface area contributed by atoms with Gasteiger partial charge in [0.2, 0.25) is 5.95 Å². The predicted octanol–water partition coefficient (Wildman–Crippen LogP) is 2.83. The molecule has 0 fully saturated rings. The Morgan fingerprint density at radius 2 is 2.00 bits per heavy atom. The van der Waals surface area contributed by atoms with Gasteiger partial charge in [-0.15, -0.1) is 5.10 Å². The minimum absolute atomic E-state index is 0.297. The van der Waals surface area contributed by atoms with Crippen molar-refractivity contribution >= 4 is 22.5 Å². The normalized spacial score (nSPS) is 14.1.